The number of halogens is 2. The van der Waals surface area contributed by atoms with Crippen LogP contribution in [0.3, 0.4) is 0 Å². The first-order chi connectivity index (χ1) is 10.9. The Morgan fingerprint density at radius 2 is 1.96 bits per heavy atom. The first-order valence-corrected chi connectivity index (χ1v) is 9.55. The molecule has 1 rings (SSSR count). The van der Waals surface area contributed by atoms with Crippen molar-refractivity contribution < 1.29 is 18.4 Å². The van der Waals surface area contributed by atoms with E-state index in [0.29, 0.717) is 19.6 Å². The zero-order valence-electron chi connectivity index (χ0n) is 13.0. The zero-order chi connectivity index (χ0) is 17.5. The predicted molar refractivity (Wildman–Crippen MR) is 89.1 cm³/mol. The molecule has 1 heterocycles. The van der Waals surface area contributed by atoms with Crippen LogP contribution < -0.4 is 0 Å². The molecule has 1 aromatic rings. The molecule has 0 aliphatic heterocycles. The lowest BCUT2D eigenvalue weighted by Crippen LogP contribution is -2.33. The molecule has 0 aliphatic rings. The molecule has 0 radical (unpaired) electrons. The van der Waals surface area contributed by atoms with Crippen molar-refractivity contribution in [2.45, 2.75) is 13.5 Å². The fourth-order valence-electron chi connectivity index (χ4n) is 1.82. The largest absolute Gasteiger partial charge is 0.433 e. The Bertz CT molecular complexity index is 551. The Labute approximate surface area is 145 Å². The summed E-state index contributed by atoms with van der Waals surface area (Å²) in [5.74, 6) is 0.376. The molecule has 8 nitrogen and oxygen atoms in total. The van der Waals surface area contributed by atoms with E-state index in [2.05, 4.69) is 0 Å². The average Bonchev–Trinajstić information content (AvgIpc) is 3.01. The van der Waals surface area contributed by atoms with Gasteiger partial charge in [-0.15, -0.1) is 23.2 Å². The molecule has 132 valence electrons. The second-order valence-corrected chi connectivity index (χ2v) is 7.81. The zero-order valence-corrected chi connectivity index (χ0v) is 15.4. The summed E-state index contributed by atoms with van der Waals surface area (Å²) in [6, 6.07) is 2.64. The Morgan fingerprint density at radius 3 is 2.39 bits per heavy atom. The van der Waals surface area contributed by atoms with Gasteiger partial charge in [-0.2, -0.15) is 0 Å². The second kappa shape index (κ2) is 9.61. The van der Waals surface area contributed by atoms with Crippen LogP contribution in [0, 0.1) is 10.1 Å². The molecule has 1 aromatic heterocycles. The smallest absolute Gasteiger partial charge is 0.403 e. The van der Waals surface area contributed by atoms with Gasteiger partial charge in [-0.05, 0) is 13.1 Å². The van der Waals surface area contributed by atoms with Crippen LogP contribution in [0.1, 0.15) is 12.7 Å². The van der Waals surface area contributed by atoms with Gasteiger partial charge in [-0.25, -0.2) is 9.34 Å². The summed E-state index contributed by atoms with van der Waals surface area (Å²) in [5, 5.41) is 10.6. The molecule has 0 spiro atoms. The second-order valence-electron chi connectivity index (χ2n) is 4.57. The standard InChI is InChI=1S/C12H20Cl2N3O5P/c1-3-15(2)23(20,16(8-6-13)9-7-14)21-10-11-4-5-12(22-11)17(18)19/h4-5H,3,6-10H2,1-2H3. The fraction of sp³-hybridized carbons (Fsp3) is 0.667. The normalized spacial score (nSPS) is 14.3. The maximum absolute atomic E-state index is 13.3. The summed E-state index contributed by atoms with van der Waals surface area (Å²) in [5.41, 5.74) is 0. The van der Waals surface area contributed by atoms with Crippen LogP contribution in [0.2, 0.25) is 0 Å². The summed E-state index contributed by atoms with van der Waals surface area (Å²) < 4.78 is 27.1. The Hall–Kier alpha value is -0.630. The molecular weight excluding hydrogens is 368 g/mol. The van der Waals surface area contributed by atoms with Gasteiger partial charge in [0.15, 0.2) is 0 Å². The maximum Gasteiger partial charge on any atom is 0.433 e. The third kappa shape index (κ3) is 5.45. The van der Waals surface area contributed by atoms with E-state index in [1.165, 1.54) is 12.1 Å². The molecule has 0 N–H and O–H groups in total. The van der Waals surface area contributed by atoms with Crippen molar-refractivity contribution in [1.82, 2.24) is 9.34 Å². The van der Waals surface area contributed by atoms with E-state index >= 15 is 0 Å². The lowest BCUT2D eigenvalue weighted by molar-refractivity contribution is -0.402. The van der Waals surface area contributed by atoms with Gasteiger partial charge in [0.05, 0.1) is 6.07 Å². The van der Waals surface area contributed by atoms with Crippen molar-refractivity contribution in [3.63, 3.8) is 0 Å². The highest BCUT2D eigenvalue weighted by atomic mass is 35.5. The van der Waals surface area contributed by atoms with Gasteiger partial charge < -0.3 is 4.42 Å². The number of furan rings is 1. The highest BCUT2D eigenvalue weighted by molar-refractivity contribution is 7.53. The Balaban J connectivity index is 2.91. The molecule has 0 bridgehead atoms. The minimum atomic E-state index is -3.37. The van der Waals surface area contributed by atoms with Crippen LogP contribution in [-0.2, 0) is 15.7 Å². The molecule has 23 heavy (non-hydrogen) atoms. The van der Waals surface area contributed by atoms with E-state index in [4.69, 9.17) is 32.1 Å². The molecule has 0 amide bonds. The predicted octanol–water partition coefficient (Wildman–Crippen LogP) is 3.54. The first-order valence-electron chi connectivity index (χ1n) is 6.95. The molecule has 0 saturated carbocycles. The van der Waals surface area contributed by atoms with E-state index < -0.39 is 12.6 Å². The van der Waals surface area contributed by atoms with E-state index in [9.17, 15) is 14.7 Å². The van der Waals surface area contributed by atoms with E-state index in [-0.39, 0.29) is 30.0 Å². The minimum absolute atomic E-state index is 0.156. The monoisotopic (exact) mass is 387 g/mol. The molecule has 0 aliphatic carbocycles. The van der Waals surface area contributed by atoms with Gasteiger partial charge in [0.25, 0.3) is 0 Å². The van der Waals surface area contributed by atoms with Crippen LogP contribution in [0.15, 0.2) is 16.5 Å². The van der Waals surface area contributed by atoms with Crippen molar-refractivity contribution in [3.05, 3.63) is 28.0 Å². The average molecular weight is 388 g/mol. The molecule has 0 saturated heterocycles. The number of hydrogen-bond acceptors (Lipinski definition) is 5. The lowest BCUT2D eigenvalue weighted by atomic mass is 10.5. The molecule has 11 heteroatoms. The van der Waals surface area contributed by atoms with E-state index in [1.54, 1.807) is 16.4 Å². The molecule has 1 atom stereocenters. The number of rotatable bonds is 11. The van der Waals surface area contributed by atoms with Crippen molar-refractivity contribution >= 4 is 36.8 Å². The van der Waals surface area contributed by atoms with Crippen molar-refractivity contribution in [2.24, 2.45) is 0 Å². The summed E-state index contributed by atoms with van der Waals surface area (Å²) in [7, 11) is -1.70. The van der Waals surface area contributed by atoms with E-state index in [0.717, 1.165) is 0 Å². The van der Waals surface area contributed by atoms with Gasteiger partial charge in [0.2, 0.25) is 0 Å². The van der Waals surface area contributed by atoms with Gasteiger partial charge in [-0.1, -0.05) is 6.92 Å². The van der Waals surface area contributed by atoms with Gasteiger partial charge in [-0.3, -0.25) is 19.2 Å². The van der Waals surface area contributed by atoms with Crippen LogP contribution in [0.4, 0.5) is 5.88 Å². The summed E-state index contributed by atoms with van der Waals surface area (Å²) in [6.45, 7) is 2.85. The lowest BCUT2D eigenvalue weighted by Gasteiger charge is -2.35. The van der Waals surface area contributed by atoms with Crippen molar-refractivity contribution in [1.29, 1.82) is 0 Å². The first kappa shape index (κ1) is 20.4. The quantitative estimate of drug-likeness (QED) is 0.248. The van der Waals surface area contributed by atoms with E-state index in [1.807, 2.05) is 6.92 Å². The van der Waals surface area contributed by atoms with Crippen molar-refractivity contribution in [3.8, 4) is 0 Å². The molecule has 0 aromatic carbocycles. The topological polar surface area (TPSA) is 89.1 Å². The summed E-state index contributed by atoms with van der Waals surface area (Å²) >= 11 is 11.5. The van der Waals surface area contributed by atoms with Gasteiger partial charge in [0.1, 0.15) is 17.3 Å². The molecule has 1 unspecified atom stereocenters. The number of nitrogens with zero attached hydrogens (tertiary/aromatic N) is 3. The number of hydrogen-bond donors (Lipinski definition) is 0. The third-order valence-corrected chi connectivity index (χ3v) is 6.20. The fourth-order valence-corrected chi connectivity index (χ4v) is 4.62. The molecule has 0 fully saturated rings. The minimum Gasteiger partial charge on any atom is -0.403 e. The highest BCUT2D eigenvalue weighted by Crippen LogP contribution is 2.53. The van der Waals surface area contributed by atoms with Gasteiger partial charge in [0, 0.05) is 31.4 Å². The maximum atomic E-state index is 13.3. The van der Waals surface area contributed by atoms with Crippen LogP contribution in [-0.4, -0.2) is 52.7 Å². The summed E-state index contributed by atoms with van der Waals surface area (Å²) in [6.07, 6.45) is 0. The highest BCUT2D eigenvalue weighted by Gasteiger charge is 2.35. The Kier molecular flexibility index (Phi) is 8.53. The summed E-state index contributed by atoms with van der Waals surface area (Å²) in [4.78, 5) is 9.97. The van der Waals surface area contributed by atoms with Gasteiger partial charge >= 0.3 is 13.6 Å². The third-order valence-electron chi connectivity index (χ3n) is 3.13. The van der Waals surface area contributed by atoms with Crippen LogP contribution in [0.25, 0.3) is 0 Å². The SMILES string of the molecule is CCN(C)P(=O)(OCc1ccc([N+](=O)[O-])o1)N(CCCl)CCCl. The molecular formula is C12H20Cl2N3O5P. The van der Waals surface area contributed by atoms with Crippen LogP contribution in [0.5, 0.6) is 0 Å². The Morgan fingerprint density at radius 1 is 1.35 bits per heavy atom. The number of alkyl halides is 2. The number of nitro groups is 1. The van der Waals surface area contributed by atoms with Crippen LogP contribution >= 0.6 is 30.9 Å². The van der Waals surface area contributed by atoms with Crippen molar-refractivity contribution in [2.75, 3.05) is 38.4 Å².